The second-order valence-corrected chi connectivity index (χ2v) is 7.42. The first kappa shape index (κ1) is 17.3. The van der Waals surface area contributed by atoms with Gasteiger partial charge in [-0.25, -0.2) is 0 Å². The maximum absolute atomic E-state index is 12.1. The van der Waals surface area contributed by atoms with Crippen LogP contribution >= 0.6 is 0 Å². The zero-order valence-corrected chi connectivity index (χ0v) is 14.3. The SMILES string of the molecule is CCOC(=O)C1CC(N2CCC(C(=O)OC(C)(C)C)CC2)C1. The molecule has 0 amide bonds. The summed E-state index contributed by atoms with van der Waals surface area (Å²) < 4.78 is 10.5. The van der Waals surface area contributed by atoms with E-state index in [1.165, 1.54) is 0 Å². The van der Waals surface area contributed by atoms with E-state index in [1.807, 2.05) is 27.7 Å². The van der Waals surface area contributed by atoms with Gasteiger partial charge >= 0.3 is 11.9 Å². The molecule has 1 aliphatic heterocycles. The molecule has 0 N–H and O–H groups in total. The Morgan fingerprint density at radius 3 is 2.14 bits per heavy atom. The standard InChI is InChI=1S/C17H29NO4/c1-5-21-15(19)13-10-14(11-13)18-8-6-12(7-9-18)16(20)22-17(2,3)4/h12-14H,5-11H2,1-4H3. The Balaban J connectivity index is 1.70. The topological polar surface area (TPSA) is 55.8 Å². The van der Waals surface area contributed by atoms with E-state index in [-0.39, 0.29) is 23.8 Å². The molecule has 0 aromatic carbocycles. The third-order valence-electron chi connectivity index (χ3n) is 4.52. The van der Waals surface area contributed by atoms with Gasteiger partial charge in [-0.2, -0.15) is 0 Å². The largest absolute Gasteiger partial charge is 0.466 e. The van der Waals surface area contributed by atoms with Crippen molar-refractivity contribution in [1.29, 1.82) is 0 Å². The molecular formula is C17H29NO4. The Morgan fingerprint density at radius 1 is 1.05 bits per heavy atom. The number of nitrogens with zero attached hydrogens (tertiary/aromatic N) is 1. The van der Waals surface area contributed by atoms with Crippen LogP contribution in [0.25, 0.3) is 0 Å². The number of hydrogen-bond acceptors (Lipinski definition) is 5. The molecule has 0 bridgehead atoms. The van der Waals surface area contributed by atoms with E-state index in [9.17, 15) is 9.59 Å². The minimum Gasteiger partial charge on any atom is -0.466 e. The van der Waals surface area contributed by atoms with Crippen molar-refractivity contribution in [3.8, 4) is 0 Å². The normalized spacial score (nSPS) is 27.1. The summed E-state index contributed by atoms with van der Waals surface area (Å²) in [6.45, 7) is 9.86. The van der Waals surface area contributed by atoms with Crippen LogP contribution in [0.4, 0.5) is 0 Å². The van der Waals surface area contributed by atoms with Gasteiger partial charge < -0.3 is 14.4 Å². The zero-order chi connectivity index (χ0) is 16.3. The molecule has 0 aromatic heterocycles. The minimum atomic E-state index is -0.408. The lowest BCUT2D eigenvalue weighted by Gasteiger charge is -2.44. The van der Waals surface area contributed by atoms with Gasteiger partial charge in [-0.1, -0.05) is 0 Å². The van der Waals surface area contributed by atoms with Gasteiger partial charge in [0, 0.05) is 6.04 Å². The number of piperidine rings is 1. The zero-order valence-electron chi connectivity index (χ0n) is 14.3. The number of ether oxygens (including phenoxy) is 2. The Labute approximate surface area is 133 Å². The third-order valence-corrected chi connectivity index (χ3v) is 4.52. The Hall–Kier alpha value is -1.10. The van der Waals surface area contributed by atoms with E-state index in [0.717, 1.165) is 38.8 Å². The fraction of sp³-hybridized carbons (Fsp3) is 0.882. The van der Waals surface area contributed by atoms with Gasteiger partial charge in [0.2, 0.25) is 0 Å². The van der Waals surface area contributed by atoms with Crippen LogP contribution in [0.2, 0.25) is 0 Å². The molecule has 2 fully saturated rings. The summed E-state index contributed by atoms with van der Waals surface area (Å²) in [5.41, 5.74) is -0.408. The fourth-order valence-corrected chi connectivity index (χ4v) is 3.22. The first-order valence-electron chi connectivity index (χ1n) is 8.43. The van der Waals surface area contributed by atoms with E-state index in [0.29, 0.717) is 12.6 Å². The van der Waals surface area contributed by atoms with Crippen LogP contribution < -0.4 is 0 Å². The Bertz CT molecular complexity index is 401. The van der Waals surface area contributed by atoms with Crippen molar-refractivity contribution in [3.63, 3.8) is 0 Å². The summed E-state index contributed by atoms with van der Waals surface area (Å²) >= 11 is 0. The molecule has 0 aromatic rings. The molecule has 5 nitrogen and oxygen atoms in total. The molecular weight excluding hydrogens is 282 g/mol. The van der Waals surface area contributed by atoms with Crippen molar-refractivity contribution in [2.24, 2.45) is 11.8 Å². The average molecular weight is 311 g/mol. The molecule has 22 heavy (non-hydrogen) atoms. The second kappa shape index (κ2) is 6.99. The smallest absolute Gasteiger partial charge is 0.309 e. The van der Waals surface area contributed by atoms with E-state index >= 15 is 0 Å². The highest BCUT2D eigenvalue weighted by Gasteiger charge is 2.40. The molecule has 0 atom stereocenters. The monoisotopic (exact) mass is 311 g/mol. The van der Waals surface area contributed by atoms with Crippen molar-refractivity contribution in [3.05, 3.63) is 0 Å². The van der Waals surface area contributed by atoms with Crippen molar-refractivity contribution in [2.45, 2.75) is 65.0 Å². The van der Waals surface area contributed by atoms with Gasteiger partial charge in [0.1, 0.15) is 5.60 Å². The lowest BCUT2D eigenvalue weighted by Crippen LogP contribution is -2.51. The van der Waals surface area contributed by atoms with Crippen molar-refractivity contribution < 1.29 is 19.1 Å². The second-order valence-electron chi connectivity index (χ2n) is 7.42. The van der Waals surface area contributed by atoms with Crippen molar-refractivity contribution >= 4 is 11.9 Å². The third kappa shape index (κ3) is 4.45. The van der Waals surface area contributed by atoms with E-state index in [4.69, 9.17) is 9.47 Å². The molecule has 0 spiro atoms. The van der Waals surface area contributed by atoms with Crippen LogP contribution in [0.1, 0.15) is 53.4 Å². The molecule has 1 aliphatic carbocycles. The summed E-state index contributed by atoms with van der Waals surface area (Å²) in [4.78, 5) is 26.1. The summed E-state index contributed by atoms with van der Waals surface area (Å²) in [5, 5.41) is 0. The molecule has 2 rings (SSSR count). The summed E-state index contributed by atoms with van der Waals surface area (Å²) in [6, 6.07) is 0.481. The van der Waals surface area contributed by atoms with Crippen LogP contribution in [0, 0.1) is 11.8 Å². The molecule has 0 radical (unpaired) electrons. The molecule has 0 unspecified atom stereocenters. The van der Waals surface area contributed by atoms with Gasteiger partial charge in [0.15, 0.2) is 0 Å². The van der Waals surface area contributed by atoms with Crippen molar-refractivity contribution in [1.82, 2.24) is 4.90 Å². The maximum atomic E-state index is 12.1. The Kier molecular flexibility index (Phi) is 5.48. The highest BCUT2D eigenvalue weighted by atomic mass is 16.6. The number of rotatable bonds is 4. The summed E-state index contributed by atoms with van der Waals surface area (Å²) in [7, 11) is 0. The van der Waals surface area contributed by atoms with E-state index in [2.05, 4.69) is 4.90 Å². The highest BCUT2D eigenvalue weighted by Crippen LogP contribution is 2.35. The quantitative estimate of drug-likeness (QED) is 0.746. The van der Waals surface area contributed by atoms with Crippen LogP contribution in [0.3, 0.4) is 0 Å². The van der Waals surface area contributed by atoms with Crippen LogP contribution in [-0.2, 0) is 19.1 Å². The van der Waals surface area contributed by atoms with Gasteiger partial charge in [-0.05, 0) is 66.5 Å². The first-order valence-corrected chi connectivity index (χ1v) is 8.43. The predicted molar refractivity (Wildman–Crippen MR) is 83.3 cm³/mol. The van der Waals surface area contributed by atoms with Crippen LogP contribution in [0.5, 0.6) is 0 Å². The van der Waals surface area contributed by atoms with Gasteiger partial charge in [0.25, 0.3) is 0 Å². The number of carbonyl (C=O) groups excluding carboxylic acids is 2. The number of carbonyl (C=O) groups is 2. The number of esters is 2. The maximum Gasteiger partial charge on any atom is 0.309 e. The molecule has 1 saturated heterocycles. The number of hydrogen-bond donors (Lipinski definition) is 0. The van der Waals surface area contributed by atoms with Gasteiger partial charge in [-0.15, -0.1) is 0 Å². The first-order chi connectivity index (χ1) is 10.3. The molecule has 126 valence electrons. The summed E-state index contributed by atoms with van der Waals surface area (Å²) in [5.74, 6) is -0.0162. The molecule has 1 heterocycles. The highest BCUT2D eigenvalue weighted by molar-refractivity contribution is 5.74. The minimum absolute atomic E-state index is 0.0244. The fourth-order valence-electron chi connectivity index (χ4n) is 3.22. The van der Waals surface area contributed by atoms with Crippen molar-refractivity contribution in [2.75, 3.05) is 19.7 Å². The number of likely N-dealkylation sites (tertiary alicyclic amines) is 1. The molecule has 2 aliphatic rings. The molecule has 1 saturated carbocycles. The molecule has 5 heteroatoms. The van der Waals surface area contributed by atoms with Crippen LogP contribution in [0.15, 0.2) is 0 Å². The van der Waals surface area contributed by atoms with Gasteiger partial charge in [0.05, 0.1) is 18.4 Å². The Morgan fingerprint density at radius 2 is 1.64 bits per heavy atom. The van der Waals surface area contributed by atoms with E-state index in [1.54, 1.807) is 0 Å². The lowest BCUT2D eigenvalue weighted by atomic mass is 9.78. The summed E-state index contributed by atoms with van der Waals surface area (Å²) in [6.07, 6.45) is 3.51. The lowest BCUT2D eigenvalue weighted by molar-refractivity contribution is -0.162. The van der Waals surface area contributed by atoms with Crippen LogP contribution in [-0.4, -0.2) is 48.2 Å². The predicted octanol–water partition coefficient (Wildman–Crippen LogP) is 2.38. The average Bonchev–Trinajstić information content (AvgIpc) is 2.36. The van der Waals surface area contributed by atoms with E-state index < -0.39 is 5.60 Å². The van der Waals surface area contributed by atoms with Gasteiger partial charge in [-0.3, -0.25) is 9.59 Å².